The summed E-state index contributed by atoms with van der Waals surface area (Å²) in [5.41, 5.74) is -0.819. The van der Waals surface area contributed by atoms with Crippen LogP contribution in [-0.2, 0) is 15.7 Å². The molecule has 0 fully saturated rings. The van der Waals surface area contributed by atoms with Gasteiger partial charge in [0.2, 0.25) is 0 Å². The summed E-state index contributed by atoms with van der Waals surface area (Å²) in [6, 6.07) is 4.25. The van der Waals surface area contributed by atoms with E-state index in [0.717, 1.165) is 12.1 Å². The number of carbonyl (C=O) groups is 1. The maximum atomic E-state index is 12.4. The summed E-state index contributed by atoms with van der Waals surface area (Å²) in [7, 11) is 0. The van der Waals surface area contributed by atoms with E-state index in [-0.39, 0.29) is 18.6 Å². The van der Waals surface area contributed by atoms with Gasteiger partial charge in [0.1, 0.15) is 0 Å². The van der Waals surface area contributed by atoms with Gasteiger partial charge < -0.3 is 9.84 Å². The van der Waals surface area contributed by atoms with Crippen molar-refractivity contribution in [3.8, 4) is 0 Å². The average Bonchev–Trinajstić information content (AvgIpc) is 2.28. The summed E-state index contributed by atoms with van der Waals surface area (Å²) in [5, 5.41) is 9.64. The van der Waals surface area contributed by atoms with E-state index >= 15 is 0 Å². The summed E-state index contributed by atoms with van der Waals surface area (Å²) >= 11 is 0. The van der Waals surface area contributed by atoms with Gasteiger partial charge in [-0.25, -0.2) is 0 Å². The van der Waals surface area contributed by atoms with Crippen molar-refractivity contribution in [2.24, 2.45) is 0 Å². The SMILES string of the molecule is CCOC(=O)C[C@H](O)c1cccc(C(F)(F)F)c1. The van der Waals surface area contributed by atoms with Gasteiger partial charge in [0.25, 0.3) is 0 Å². The number of alkyl halides is 3. The summed E-state index contributed by atoms with van der Waals surface area (Å²) < 4.78 is 41.9. The van der Waals surface area contributed by atoms with Gasteiger partial charge >= 0.3 is 12.1 Å². The van der Waals surface area contributed by atoms with E-state index in [4.69, 9.17) is 0 Å². The van der Waals surface area contributed by atoms with Crippen LogP contribution < -0.4 is 0 Å². The smallest absolute Gasteiger partial charge is 0.416 e. The van der Waals surface area contributed by atoms with Crippen LogP contribution in [-0.4, -0.2) is 17.7 Å². The second-order valence-corrected chi connectivity index (χ2v) is 3.65. The normalized spacial score (nSPS) is 13.2. The molecule has 0 aliphatic carbocycles. The average molecular weight is 262 g/mol. The second kappa shape index (κ2) is 5.86. The van der Waals surface area contributed by atoms with Crippen LogP contribution in [0.4, 0.5) is 13.2 Å². The van der Waals surface area contributed by atoms with Gasteiger partial charge in [-0.3, -0.25) is 4.79 Å². The highest BCUT2D eigenvalue weighted by atomic mass is 19.4. The van der Waals surface area contributed by atoms with Gasteiger partial charge in [-0.1, -0.05) is 12.1 Å². The molecule has 6 heteroatoms. The summed E-state index contributed by atoms with van der Waals surface area (Å²) in [4.78, 5) is 11.1. The molecule has 0 saturated carbocycles. The molecule has 0 aliphatic heterocycles. The Kier molecular flexibility index (Phi) is 4.72. The highest BCUT2D eigenvalue weighted by Gasteiger charge is 2.31. The van der Waals surface area contributed by atoms with Crippen molar-refractivity contribution in [3.63, 3.8) is 0 Å². The fourth-order valence-electron chi connectivity index (χ4n) is 1.42. The van der Waals surface area contributed by atoms with E-state index < -0.39 is 23.8 Å². The molecular weight excluding hydrogens is 249 g/mol. The molecule has 0 heterocycles. The zero-order valence-corrected chi connectivity index (χ0v) is 9.70. The first kappa shape index (κ1) is 14.5. The summed E-state index contributed by atoms with van der Waals surface area (Å²) in [6.45, 7) is 1.77. The molecular formula is C12H13F3O3. The Balaban J connectivity index is 2.80. The van der Waals surface area contributed by atoms with Crippen molar-refractivity contribution in [3.05, 3.63) is 35.4 Å². The Bertz CT molecular complexity index is 415. The molecule has 0 radical (unpaired) electrons. The van der Waals surface area contributed by atoms with Crippen molar-refractivity contribution < 1.29 is 27.8 Å². The molecule has 0 spiro atoms. The van der Waals surface area contributed by atoms with Gasteiger partial charge in [-0.2, -0.15) is 13.2 Å². The molecule has 0 unspecified atom stereocenters. The number of carbonyl (C=O) groups excluding carboxylic acids is 1. The van der Waals surface area contributed by atoms with Crippen molar-refractivity contribution >= 4 is 5.97 Å². The zero-order chi connectivity index (χ0) is 13.8. The first-order valence-corrected chi connectivity index (χ1v) is 5.35. The van der Waals surface area contributed by atoms with E-state index in [2.05, 4.69) is 4.74 Å². The van der Waals surface area contributed by atoms with Gasteiger partial charge in [-0.15, -0.1) is 0 Å². The van der Waals surface area contributed by atoms with Gasteiger partial charge in [-0.05, 0) is 24.6 Å². The molecule has 0 aliphatic rings. The largest absolute Gasteiger partial charge is 0.466 e. The molecule has 1 N–H and O–H groups in total. The minimum absolute atomic E-state index is 0.0397. The van der Waals surface area contributed by atoms with E-state index in [9.17, 15) is 23.1 Å². The molecule has 1 aromatic rings. The predicted molar refractivity (Wildman–Crippen MR) is 57.7 cm³/mol. The Morgan fingerprint density at radius 2 is 2.11 bits per heavy atom. The summed E-state index contributed by atoms with van der Waals surface area (Å²) in [6.07, 6.45) is -6.14. The number of aliphatic hydroxyl groups is 1. The van der Waals surface area contributed by atoms with Crippen molar-refractivity contribution in [1.29, 1.82) is 0 Å². The Morgan fingerprint density at radius 1 is 1.44 bits per heavy atom. The van der Waals surface area contributed by atoms with E-state index in [1.807, 2.05) is 0 Å². The Morgan fingerprint density at radius 3 is 2.67 bits per heavy atom. The molecule has 0 bridgehead atoms. The lowest BCUT2D eigenvalue weighted by Crippen LogP contribution is -2.11. The van der Waals surface area contributed by atoms with Crippen LogP contribution >= 0.6 is 0 Å². The van der Waals surface area contributed by atoms with Gasteiger partial charge in [0.05, 0.1) is 24.7 Å². The third-order valence-corrected chi connectivity index (χ3v) is 2.26. The fraction of sp³-hybridized carbons (Fsp3) is 0.417. The quantitative estimate of drug-likeness (QED) is 0.848. The number of benzene rings is 1. The number of rotatable bonds is 4. The van der Waals surface area contributed by atoms with Crippen LogP contribution in [0, 0.1) is 0 Å². The number of esters is 1. The standard InChI is InChI=1S/C12H13F3O3/c1-2-18-11(17)7-10(16)8-4-3-5-9(6-8)12(13,14)15/h3-6,10,16H,2,7H2,1H3/t10-/m0/s1. The number of hydrogen-bond acceptors (Lipinski definition) is 3. The van der Waals surface area contributed by atoms with Crippen LogP contribution in [0.3, 0.4) is 0 Å². The number of ether oxygens (including phenoxy) is 1. The van der Waals surface area contributed by atoms with Gasteiger partial charge in [0, 0.05) is 0 Å². The molecule has 0 amide bonds. The van der Waals surface area contributed by atoms with Gasteiger partial charge in [0.15, 0.2) is 0 Å². The zero-order valence-electron chi connectivity index (χ0n) is 9.70. The molecule has 1 aromatic carbocycles. The highest BCUT2D eigenvalue weighted by Crippen LogP contribution is 2.31. The maximum Gasteiger partial charge on any atom is 0.416 e. The number of hydrogen-bond donors (Lipinski definition) is 1. The molecule has 0 aromatic heterocycles. The van der Waals surface area contributed by atoms with E-state index in [0.29, 0.717) is 0 Å². The third kappa shape index (κ3) is 4.03. The third-order valence-electron chi connectivity index (χ3n) is 2.26. The minimum atomic E-state index is -4.47. The topological polar surface area (TPSA) is 46.5 Å². The van der Waals surface area contributed by atoms with Crippen molar-refractivity contribution in [2.45, 2.75) is 25.6 Å². The lowest BCUT2D eigenvalue weighted by atomic mass is 10.0. The van der Waals surface area contributed by atoms with E-state index in [1.54, 1.807) is 6.92 Å². The molecule has 0 saturated heterocycles. The Labute approximate surface area is 102 Å². The molecule has 1 rings (SSSR count). The highest BCUT2D eigenvalue weighted by molar-refractivity contribution is 5.70. The van der Waals surface area contributed by atoms with Crippen LogP contribution in [0.25, 0.3) is 0 Å². The predicted octanol–water partition coefficient (Wildman–Crippen LogP) is 2.69. The van der Waals surface area contributed by atoms with Crippen molar-refractivity contribution in [2.75, 3.05) is 6.61 Å². The minimum Gasteiger partial charge on any atom is -0.466 e. The van der Waals surface area contributed by atoms with E-state index in [1.165, 1.54) is 12.1 Å². The summed E-state index contributed by atoms with van der Waals surface area (Å²) in [5.74, 6) is -0.651. The van der Waals surface area contributed by atoms with Crippen LogP contribution in [0.1, 0.15) is 30.6 Å². The Hall–Kier alpha value is -1.56. The van der Waals surface area contributed by atoms with Crippen molar-refractivity contribution in [1.82, 2.24) is 0 Å². The lowest BCUT2D eigenvalue weighted by Gasteiger charge is -2.13. The molecule has 3 nitrogen and oxygen atoms in total. The molecule has 1 atom stereocenters. The monoisotopic (exact) mass is 262 g/mol. The van der Waals surface area contributed by atoms with Crippen LogP contribution in [0.2, 0.25) is 0 Å². The number of aliphatic hydroxyl groups excluding tert-OH is 1. The lowest BCUT2D eigenvalue weighted by molar-refractivity contribution is -0.145. The maximum absolute atomic E-state index is 12.4. The second-order valence-electron chi connectivity index (χ2n) is 3.65. The number of halogens is 3. The van der Waals surface area contributed by atoms with Crippen LogP contribution in [0.5, 0.6) is 0 Å². The first-order valence-electron chi connectivity index (χ1n) is 5.35. The fourth-order valence-corrected chi connectivity index (χ4v) is 1.42. The first-order chi connectivity index (χ1) is 8.34. The molecule has 100 valence electrons. The molecule has 18 heavy (non-hydrogen) atoms. The van der Waals surface area contributed by atoms with Crippen LogP contribution in [0.15, 0.2) is 24.3 Å².